The van der Waals surface area contributed by atoms with Crippen molar-refractivity contribution in [2.75, 3.05) is 7.05 Å². The number of hydrogen-bond donors (Lipinski definition) is 1. The van der Waals surface area contributed by atoms with E-state index < -0.39 is 0 Å². The monoisotopic (exact) mass is 273 g/mol. The molecule has 0 amide bonds. The minimum Gasteiger partial charge on any atom is -0.317 e. The molecular formula is C12H17BrFN. The minimum atomic E-state index is -0.116. The zero-order valence-corrected chi connectivity index (χ0v) is 10.8. The van der Waals surface area contributed by atoms with E-state index in [1.165, 1.54) is 6.07 Å². The highest BCUT2D eigenvalue weighted by Gasteiger charge is 2.09. The molecule has 0 aliphatic carbocycles. The predicted octanol–water partition coefficient (Wildman–Crippen LogP) is 3.52. The summed E-state index contributed by atoms with van der Waals surface area (Å²) in [4.78, 5) is 0. The van der Waals surface area contributed by atoms with Gasteiger partial charge in [0.2, 0.25) is 0 Å². The third kappa shape index (κ3) is 3.92. The van der Waals surface area contributed by atoms with Gasteiger partial charge in [-0.05, 0) is 43.7 Å². The second-order valence-corrected chi connectivity index (χ2v) is 4.63. The van der Waals surface area contributed by atoms with Crippen LogP contribution in [0.4, 0.5) is 4.39 Å². The minimum absolute atomic E-state index is 0.116. The summed E-state index contributed by atoms with van der Waals surface area (Å²) in [5, 5.41) is 3.22. The van der Waals surface area contributed by atoms with E-state index >= 15 is 0 Å². The van der Waals surface area contributed by atoms with E-state index in [4.69, 9.17) is 0 Å². The molecule has 15 heavy (non-hydrogen) atoms. The Morgan fingerprint density at radius 3 is 2.80 bits per heavy atom. The highest BCUT2D eigenvalue weighted by atomic mass is 79.9. The van der Waals surface area contributed by atoms with Crippen molar-refractivity contribution in [2.45, 2.75) is 32.2 Å². The molecule has 84 valence electrons. The maximum Gasteiger partial charge on any atom is 0.126 e. The standard InChI is InChI=1S/C12H17BrFN/c1-3-4-11(15-2)8-9-7-10(13)5-6-12(9)14/h5-7,11,15H,3-4,8H2,1-2H3. The molecule has 0 aliphatic heterocycles. The first-order chi connectivity index (χ1) is 7.17. The zero-order chi connectivity index (χ0) is 11.3. The van der Waals surface area contributed by atoms with Crippen molar-refractivity contribution in [3.63, 3.8) is 0 Å². The van der Waals surface area contributed by atoms with E-state index in [1.807, 2.05) is 13.1 Å². The summed E-state index contributed by atoms with van der Waals surface area (Å²) in [6.07, 6.45) is 2.93. The average Bonchev–Trinajstić information content (AvgIpc) is 2.22. The Hall–Kier alpha value is -0.410. The molecule has 0 aliphatic rings. The molecule has 0 aromatic heterocycles. The normalized spacial score (nSPS) is 12.8. The van der Waals surface area contributed by atoms with Gasteiger partial charge in [0.05, 0.1) is 0 Å². The predicted molar refractivity (Wildman–Crippen MR) is 65.6 cm³/mol. The Morgan fingerprint density at radius 1 is 1.47 bits per heavy atom. The molecule has 0 fully saturated rings. The van der Waals surface area contributed by atoms with Gasteiger partial charge in [-0.15, -0.1) is 0 Å². The van der Waals surface area contributed by atoms with Gasteiger partial charge < -0.3 is 5.32 Å². The van der Waals surface area contributed by atoms with Crippen molar-refractivity contribution < 1.29 is 4.39 Å². The molecule has 1 unspecified atom stereocenters. The van der Waals surface area contributed by atoms with Gasteiger partial charge in [-0.25, -0.2) is 4.39 Å². The fraction of sp³-hybridized carbons (Fsp3) is 0.500. The van der Waals surface area contributed by atoms with E-state index in [-0.39, 0.29) is 5.82 Å². The van der Waals surface area contributed by atoms with Gasteiger partial charge in [0, 0.05) is 10.5 Å². The molecule has 0 saturated carbocycles. The first kappa shape index (κ1) is 12.7. The zero-order valence-electron chi connectivity index (χ0n) is 9.19. The molecule has 3 heteroatoms. The fourth-order valence-corrected chi connectivity index (χ4v) is 2.07. The molecule has 0 heterocycles. The molecule has 1 atom stereocenters. The first-order valence-electron chi connectivity index (χ1n) is 5.28. The molecule has 1 aromatic rings. The van der Waals surface area contributed by atoms with Crippen molar-refractivity contribution in [1.82, 2.24) is 5.32 Å². The summed E-state index contributed by atoms with van der Waals surface area (Å²) in [6, 6.07) is 5.46. The molecule has 1 rings (SSSR count). The highest BCUT2D eigenvalue weighted by Crippen LogP contribution is 2.17. The van der Waals surface area contributed by atoms with E-state index in [1.54, 1.807) is 6.07 Å². The van der Waals surface area contributed by atoms with Crippen LogP contribution in [-0.4, -0.2) is 13.1 Å². The lowest BCUT2D eigenvalue weighted by Gasteiger charge is -2.15. The van der Waals surface area contributed by atoms with Crippen LogP contribution in [0.2, 0.25) is 0 Å². The number of nitrogens with one attached hydrogen (secondary N) is 1. The molecule has 0 bridgehead atoms. The van der Waals surface area contributed by atoms with Gasteiger partial charge in [-0.1, -0.05) is 29.3 Å². The number of rotatable bonds is 5. The topological polar surface area (TPSA) is 12.0 Å². The maximum absolute atomic E-state index is 13.5. The lowest BCUT2D eigenvalue weighted by atomic mass is 10.0. The summed E-state index contributed by atoms with van der Waals surface area (Å²) in [7, 11) is 1.93. The molecule has 1 aromatic carbocycles. The average molecular weight is 274 g/mol. The molecule has 0 saturated heterocycles. The van der Waals surface area contributed by atoms with Gasteiger partial charge in [0.15, 0.2) is 0 Å². The van der Waals surface area contributed by atoms with Crippen LogP contribution in [0.15, 0.2) is 22.7 Å². The van der Waals surface area contributed by atoms with Crippen LogP contribution in [-0.2, 0) is 6.42 Å². The van der Waals surface area contributed by atoms with Crippen molar-refractivity contribution in [3.8, 4) is 0 Å². The van der Waals surface area contributed by atoms with Gasteiger partial charge >= 0.3 is 0 Å². The van der Waals surface area contributed by atoms with E-state index in [9.17, 15) is 4.39 Å². The van der Waals surface area contributed by atoms with Crippen LogP contribution < -0.4 is 5.32 Å². The van der Waals surface area contributed by atoms with Crippen LogP contribution in [0, 0.1) is 5.82 Å². The number of hydrogen-bond acceptors (Lipinski definition) is 1. The van der Waals surface area contributed by atoms with Gasteiger partial charge in [0.1, 0.15) is 5.82 Å². The summed E-state index contributed by atoms with van der Waals surface area (Å²) in [5.41, 5.74) is 0.775. The molecule has 1 nitrogen and oxygen atoms in total. The van der Waals surface area contributed by atoms with E-state index in [2.05, 4.69) is 28.2 Å². The smallest absolute Gasteiger partial charge is 0.126 e. The lowest BCUT2D eigenvalue weighted by molar-refractivity contribution is 0.499. The number of halogens is 2. The molecule has 1 N–H and O–H groups in total. The quantitative estimate of drug-likeness (QED) is 0.866. The van der Waals surface area contributed by atoms with Gasteiger partial charge in [-0.2, -0.15) is 0 Å². The van der Waals surface area contributed by atoms with Gasteiger partial charge in [0.25, 0.3) is 0 Å². The maximum atomic E-state index is 13.5. The summed E-state index contributed by atoms with van der Waals surface area (Å²) in [5.74, 6) is -0.116. The van der Waals surface area contributed by atoms with Crippen LogP contribution in [0.5, 0.6) is 0 Å². The second-order valence-electron chi connectivity index (χ2n) is 3.71. The third-order valence-electron chi connectivity index (χ3n) is 2.52. The molecule has 0 radical (unpaired) electrons. The van der Waals surface area contributed by atoms with Crippen LogP contribution in [0.25, 0.3) is 0 Å². The first-order valence-corrected chi connectivity index (χ1v) is 6.07. The second kappa shape index (κ2) is 6.23. The Labute approximate surface area is 99.2 Å². The van der Waals surface area contributed by atoms with Crippen LogP contribution in [0.3, 0.4) is 0 Å². The SMILES string of the molecule is CCCC(Cc1cc(Br)ccc1F)NC. The Kier molecular flexibility index (Phi) is 5.26. The van der Waals surface area contributed by atoms with E-state index in [0.29, 0.717) is 6.04 Å². The summed E-state index contributed by atoms with van der Waals surface area (Å²) < 4.78 is 14.4. The van der Waals surface area contributed by atoms with Crippen molar-refractivity contribution >= 4 is 15.9 Å². The Morgan fingerprint density at radius 2 is 2.20 bits per heavy atom. The largest absolute Gasteiger partial charge is 0.317 e. The molecular weight excluding hydrogens is 257 g/mol. The number of likely N-dealkylation sites (N-methyl/N-ethyl adjacent to an activating group) is 1. The van der Waals surface area contributed by atoms with Crippen LogP contribution in [0.1, 0.15) is 25.3 Å². The fourth-order valence-electron chi connectivity index (χ4n) is 1.66. The summed E-state index contributed by atoms with van der Waals surface area (Å²) in [6.45, 7) is 2.14. The van der Waals surface area contributed by atoms with Crippen molar-refractivity contribution in [1.29, 1.82) is 0 Å². The Balaban J connectivity index is 2.73. The lowest BCUT2D eigenvalue weighted by Crippen LogP contribution is -2.27. The van der Waals surface area contributed by atoms with Crippen molar-refractivity contribution in [3.05, 3.63) is 34.1 Å². The number of benzene rings is 1. The van der Waals surface area contributed by atoms with E-state index in [0.717, 1.165) is 29.3 Å². The van der Waals surface area contributed by atoms with Crippen molar-refractivity contribution in [2.24, 2.45) is 0 Å². The van der Waals surface area contributed by atoms with Crippen LogP contribution >= 0.6 is 15.9 Å². The highest BCUT2D eigenvalue weighted by molar-refractivity contribution is 9.10. The summed E-state index contributed by atoms with van der Waals surface area (Å²) >= 11 is 3.36. The molecule has 0 spiro atoms. The van der Waals surface area contributed by atoms with Gasteiger partial charge in [-0.3, -0.25) is 0 Å². The third-order valence-corrected chi connectivity index (χ3v) is 3.01. The Bertz CT molecular complexity index is 314.